The van der Waals surface area contributed by atoms with Gasteiger partial charge < -0.3 is 15.0 Å². The van der Waals surface area contributed by atoms with Gasteiger partial charge in [0.15, 0.2) is 0 Å². The summed E-state index contributed by atoms with van der Waals surface area (Å²) in [5.74, 6) is 0. The fourth-order valence-electron chi connectivity index (χ4n) is 3.65. The number of anilines is 2. The van der Waals surface area contributed by atoms with Gasteiger partial charge in [-0.3, -0.25) is 4.57 Å². The van der Waals surface area contributed by atoms with Crippen molar-refractivity contribution in [1.82, 2.24) is 14.8 Å². The van der Waals surface area contributed by atoms with Crippen LogP contribution in [0.15, 0.2) is 61.2 Å². The highest BCUT2D eigenvalue weighted by molar-refractivity contribution is 5.57. The predicted octanol–water partition coefficient (Wildman–Crippen LogP) is 3.49. The highest BCUT2D eigenvalue weighted by Gasteiger charge is 2.23. The molecule has 1 aromatic heterocycles. The molecule has 2 atom stereocenters. The Balaban J connectivity index is 1.50. The number of para-hydroxylation sites is 1. The van der Waals surface area contributed by atoms with Crippen LogP contribution in [0.1, 0.15) is 19.4 Å². The Kier molecular flexibility index (Phi) is 5.07. The molecule has 0 spiro atoms. The van der Waals surface area contributed by atoms with Gasteiger partial charge >= 0.3 is 0 Å². The Morgan fingerprint density at radius 1 is 1.00 bits per heavy atom. The van der Waals surface area contributed by atoms with Crippen molar-refractivity contribution in [2.45, 2.75) is 32.6 Å². The molecule has 140 valence electrons. The van der Waals surface area contributed by atoms with Crippen LogP contribution in [0, 0.1) is 0 Å². The molecule has 1 N–H and O–H groups in total. The summed E-state index contributed by atoms with van der Waals surface area (Å²) in [4.78, 5) is 2.43. The topological polar surface area (TPSA) is 55.2 Å². The van der Waals surface area contributed by atoms with Crippen molar-refractivity contribution in [3.8, 4) is 5.69 Å². The molecule has 6 heteroatoms. The van der Waals surface area contributed by atoms with E-state index in [1.807, 2.05) is 16.7 Å². The number of nitrogens with one attached hydrogen (secondary N) is 1. The van der Waals surface area contributed by atoms with E-state index in [9.17, 15) is 0 Å². The molecule has 1 saturated heterocycles. The van der Waals surface area contributed by atoms with Crippen molar-refractivity contribution in [3.05, 3.63) is 66.7 Å². The van der Waals surface area contributed by atoms with Crippen LogP contribution < -0.4 is 10.2 Å². The molecule has 2 aromatic carbocycles. The summed E-state index contributed by atoms with van der Waals surface area (Å²) in [6.45, 7) is 6.89. The third-order valence-corrected chi connectivity index (χ3v) is 4.80. The number of aromatic nitrogens is 3. The van der Waals surface area contributed by atoms with Gasteiger partial charge in [0, 0.05) is 31.0 Å². The lowest BCUT2D eigenvalue weighted by atomic mass is 10.1. The van der Waals surface area contributed by atoms with E-state index in [0.29, 0.717) is 0 Å². The Morgan fingerprint density at radius 2 is 1.74 bits per heavy atom. The smallest absolute Gasteiger partial charge is 0.123 e. The lowest BCUT2D eigenvalue weighted by molar-refractivity contribution is -0.00525. The number of hydrogen-bond donors (Lipinski definition) is 1. The Hall–Kier alpha value is -2.86. The second-order valence-corrected chi connectivity index (χ2v) is 7.06. The molecule has 4 rings (SSSR count). The summed E-state index contributed by atoms with van der Waals surface area (Å²) in [6.07, 6.45) is 3.90. The minimum atomic E-state index is 0.246. The Labute approximate surface area is 159 Å². The molecule has 1 aliphatic rings. The van der Waals surface area contributed by atoms with Gasteiger partial charge in [0.25, 0.3) is 0 Å². The van der Waals surface area contributed by atoms with E-state index in [2.05, 4.69) is 70.7 Å². The number of rotatable bonds is 5. The second kappa shape index (κ2) is 7.80. The first kappa shape index (κ1) is 17.5. The van der Waals surface area contributed by atoms with Crippen LogP contribution in [0.3, 0.4) is 0 Å². The van der Waals surface area contributed by atoms with Crippen LogP contribution in [0.25, 0.3) is 5.69 Å². The van der Waals surface area contributed by atoms with Crippen molar-refractivity contribution in [1.29, 1.82) is 0 Å². The van der Waals surface area contributed by atoms with Crippen LogP contribution in [0.2, 0.25) is 0 Å². The van der Waals surface area contributed by atoms with Crippen LogP contribution in [-0.2, 0) is 11.3 Å². The van der Waals surface area contributed by atoms with Crippen LogP contribution in [0.5, 0.6) is 0 Å². The third-order valence-electron chi connectivity index (χ3n) is 4.80. The van der Waals surface area contributed by atoms with Crippen molar-refractivity contribution in [3.63, 3.8) is 0 Å². The van der Waals surface area contributed by atoms with Crippen LogP contribution >= 0.6 is 0 Å². The summed E-state index contributed by atoms with van der Waals surface area (Å²) in [7, 11) is 0. The van der Waals surface area contributed by atoms with E-state index in [1.54, 1.807) is 12.7 Å². The largest absolute Gasteiger partial charge is 0.381 e. The van der Waals surface area contributed by atoms with E-state index in [-0.39, 0.29) is 12.2 Å². The van der Waals surface area contributed by atoms with E-state index in [0.717, 1.165) is 31.0 Å². The molecule has 0 amide bonds. The van der Waals surface area contributed by atoms with E-state index in [1.165, 1.54) is 11.3 Å². The zero-order valence-electron chi connectivity index (χ0n) is 15.7. The monoisotopic (exact) mass is 363 g/mol. The fourth-order valence-corrected chi connectivity index (χ4v) is 3.65. The average Bonchev–Trinajstić information content (AvgIpc) is 3.21. The molecule has 27 heavy (non-hydrogen) atoms. The maximum Gasteiger partial charge on any atom is 0.123 e. The van der Waals surface area contributed by atoms with E-state index >= 15 is 0 Å². The molecule has 0 radical (unpaired) electrons. The SMILES string of the molecule is CC1CN(c2ccccc2CNc2cccc(-n3cnnc3)c2)CC(C)O1. The third kappa shape index (κ3) is 4.11. The number of nitrogens with zero attached hydrogens (tertiary/aromatic N) is 4. The summed E-state index contributed by atoms with van der Waals surface area (Å²) >= 11 is 0. The molecule has 2 unspecified atom stereocenters. The quantitative estimate of drug-likeness (QED) is 0.752. The van der Waals surface area contributed by atoms with E-state index < -0.39 is 0 Å². The molecule has 3 aromatic rings. The normalized spacial score (nSPS) is 19.9. The van der Waals surface area contributed by atoms with Crippen molar-refractivity contribution in [2.24, 2.45) is 0 Å². The van der Waals surface area contributed by atoms with Gasteiger partial charge in [0.2, 0.25) is 0 Å². The first-order valence-electron chi connectivity index (χ1n) is 9.36. The van der Waals surface area contributed by atoms with Crippen molar-refractivity contribution in [2.75, 3.05) is 23.3 Å². The van der Waals surface area contributed by atoms with Gasteiger partial charge in [-0.05, 0) is 43.7 Å². The zero-order chi connectivity index (χ0) is 18.6. The van der Waals surface area contributed by atoms with Gasteiger partial charge in [-0.15, -0.1) is 10.2 Å². The first-order chi connectivity index (χ1) is 13.2. The van der Waals surface area contributed by atoms with Gasteiger partial charge in [-0.1, -0.05) is 24.3 Å². The molecule has 0 bridgehead atoms. The molecule has 2 heterocycles. The van der Waals surface area contributed by atoms with Crippen LogP contribution in [-0.4, -0.2) is 40.1 Å². The van der Waals surface area contributed by atoms with Gasteiger partial charge in [-0.2, -0.15) is 0 Å². The highest BCUT2D eigenvalue weighted by atomic mass is 16.5. The minimum Gasteiger partial charge on any atom is -0.381 e. The Morgan fingerprint density at radius 3 is 2.52 bits per heavy atom. The molecular weight excluding hydrogens is 338 g/mol. The minimum absolute atomic E-state index is 0.246. The van der Waals surface area contributed by atoms with Gasteiger partial charge in [-0.25, -0.2) is 0 Å². The number of hydrogen-bond acceptors (Lipinski definition) is 5. The molecule has 1 aliphatic heterocycles. The lowest BCUT2D eigenvalue weighted by Crippen LogP contribution is -2.45. The molecule has 0 saturated carbocycles. The number of benzene rings is 2. The second-order valence-electron chi connectivity index (χ2n) is 7.06. The maximum absolute atomic E-state index is 5.89. The predicted molar refractivity (Wildman–Crippen MR) is 107 cm³/mol. The summed E-state index contributed by atoms with van der Waals surface area (Å²) in [5.41, 5.74) is 4.67. The zero-order valence-corrected chi connectivity index (χ0v) is 15.7. The van der Waals surface area contributed by atoms with Crippen molar-refractivity contribution < 1.29 is 4.74 Å². The molecular formula is C21H25N5O. The average molecular weight is 363 g/mol. The maximum atomic E-state index is 5.89. The molecule has 0 aliphatic carbocycles. The number of ether oxygens (including phenoxy) is 1. The number of morpholine rings is 1. The van der Waals surface area contributed by atoms with Gasteiger partial charge in [0.05, 0.1) is 17.9 Å². The lowest BCUT2D eigenvalue weighted by Gasteiger charge is -2.37. The van der Waals surface area contributed by atoms with Crippen LogP contribution in [0.4, 0.5) is 11.4 Å². The summed E-state index contributed by atoms with van der Waals surface area (Å²) in [5, 5.41) is 11.3. The van der Waals surface area contributed by atoms with E-state index in [4.69, 9.17) is 4.74 Å². The first-order valence-corrected chi connectivity index (χ1v) is 9.36. The van der Waals surface area contributed by atoms with Crippen molar-refractivity contribution >= 4 is 11.4 Å². The standard InChI is InChI=1S/C21H25N5O/c1-16-12-25(13-17(2)27-16)21-9-4-3-6-18(21)11-22-19-7-5-8-20(10-19)26-14-23-24-15-26/h3-10,14-17,22H,11-13H2,1-2H3. The summed E-state index contributed by atoms with van der Waals surface area (Å²) < 4.78 is 7.78. The van der Waals surface area contributed by atoms with Gasteiger partial charge in [0.1, 0.15) is 12.7 Å². The highest BCUT2D eigenvalue weighted by Crippen LogP contribution is 2.25. The fraction of sp³-hybridized carbons (Fsp3) is 0.333. The molecule has 1 fully saturated rings. The Bertz CT molecular complexity index is 870. The molecule has 6 nitrogen and oxygen atoms in total. The summed E-state index contributed by atoms with van der Waals surface area (Å²) in [6, 6.07) is 16.9.